The summed E-state index contributed by atoms with van der Waals surface area (Å²) in [5.41, 5.74) is 0.856. The second kappa shape index (κ2) is 9.84. The number of nitrogens with one attached hydrogen (secondary N) is 2. The highest BCUT2D eigenvalue weighted by Crippen LogP contribution is 2.29. The molecule has 1 aliphatic rings. The van der Waals surface area contributed by atoms with Gasteiger partial charge in [0.05, 0.1) is 12.0 Å². The molecule has 1 amide bonds. The van der Waals surface area contributed by atoms with Crippen LogP contribution in [0.25, 0.3) is 0 Å². The summed E-state index contributed by atoms with van der Waals surface area (Å²) in [4.78, 5) is 12.9. The zero-order chi connectivity index (χ0) is 20.8. The number of halogens is 1. The molecule has 1 aliphatic carbocycles. The van der Waals surface area contributed by atoms with Gasteiger partial charge in [0, 0.05) is 24.6 Å². The molecule has 0 aromatic heterocycles. The van der Waals surface area contributed by atoms with E-state index in [1.807, 2.05) is 0 Å². The lowest BCUT2D eigenvalue weighted by atomic mass is 9.86. The number of phenolic OH excluding ortho intramolecular Hbond substituents is 1. The van der Waals surface area contributed by atoms with Crippen molar-refractivity contribution in [3.63, 3.8) is 0 Å². The molecular formula is C21H25FN2O4S. The summed E-state index contributed by atoms with van der Waals surface area (Å²) < 4.78 is 33.6. The van der Waals surface area contributed by atoms with Gasteiger partial charge in [0.2, 0.25) is 5.91 Å². The van der Waals surface area contributed by atoms with Gasteiger partial charge < -0.3 is 15.2 Å². The third-order valence-corrected chi connectivity index (χ3v) is 6.35. The molecule has 3 N–H and O–H groups in total. The number of carbonyl (C=O) groups is 1. The number of phenols is 1. The average Bonchev–Trinajstić information content (AvgIpc) is 2.74. The monoisotopic (exact) mass is 420 g/mol. The number of amides is 1. The minimum absolute atomic E-state index is 0.000378. The third kappa shape index (κ3) is 5.77. The van der Waals surface area contributed by atoms with E-state index in [1.54, 1.807) is 24.3 Å². The highest BCUT2D eigenvalue weighted by molar-refractivity contribution is 7.83. The molecule has 0 aliphatic heterocycles. The van der Waals surface area contributed by atoms with Crippen LogP contribution in [0.2, 0.25) is 0 Å². The van der Waals surface area contributed by atoms with E-state index >= 15 is 0 Å². The van der Waals surface area contributed by atoms with Crippen LogP contribution in [0.4, 0.5) is 4.39 Å². The van der Waals surface area contributed by atoms with Crippen molar-refractivity contribution in [2.45, 2.75) is 43.2 Å². The maximum Gasteiger partial charge on any atom is 0.223 e. The fourth-order valence-electron chi connectivity index (χ4n) is 3.40. The molecule has 1 unspecified atom stereocenters. The average molecular weight is 421 g/mol. The topological polar surface area (TPSA) is 87.7 Å². The SMILES string of the molecule is COc1cc(S(=O)NC2CCC(C(=O)NCc3ccc(F)cc3)CC2)ccc1O. The first-order chi connectivity index (χ1) is 14.0. The predicted molar refractivity (Wildman–Crippen MR) is 108 cm³/mol. The van der Waals surface area contributed by atoms with Crippen LogP contribution in [0.5, 0.6) is 11.5 Å². The fraction of sp³-hybridized carbons (Fsp3) is 0.381. The van der Waals surface area contributed by atoms with E-state index in [2.05, 4.69) is 10.0 Å². The van der Waals surface area contributed by atoms with Gasteiger partial charge in [-0.25, -0.2) is 13.3 Å². The number of hydrogen-bond donors (Lipinski definition) is 3. The molecule has 156 valence electrons. The van der Waals surface area contributed by atoms with Crippen molar-refractivity contribution in [3.05, 3.63) is 53.8 Å². The van der Waals surface area contributed by atoms with Gasteiger partial charge >= 0.3 is 0 Å². The summed E-state index contributed by atoms with van der Waals surface area (Å²) in [6.07, 6.45) is 2.91. The van der Waals surface area contributed by atoms with Crippen molar-refractivity contribution in [2.75, 3.05) is 7.11 Å². The summed E-state index contributed by atoms with van der Waals surface area (Å²) >= 11 is 0. The van der Waals surface area contributed by atoms with E-state index < -0.39 is 11.0 Å². The van der Waals surface area contributed by atoms with E-state index in [1.165, 1.54) is 25.3 Å². The van der Waals surface area contributed by atoms with Gasteiger partial charge in [0.15, 0.2) is 11.5 Å². The molecule has 0 radical (unpaired) electrons. The normalized spacial score (nSPS) is 20.1. The van der Waals surface area contributed by atoms with Crippen molar-refractivity contribution in [2.24, 2.45) is 5.92 Å². The number of benzene rings is 2. The molecule has 2 aromatic carbocycles. The minimum atomic E-state index is -1.43. The van der Waals surface area contributed by atoms with Crippen molar-refractivity contribution < 1.29 is 23.2 Å². The van der Waals surface area contributed by atoms with Crippen LogP contribution in [0.15, 0.2) is 47.4 Å². The predicted octanol–water partition coefficient (Wildman–Crippen LogP) is 3.03. The van der Waals surface area contributed by atoms with Crippen LogP contribution in [-0.2, 0) is 22.3 Å². The Labute approximate surface area is 172 Å². The lowest BCUT2D eigenvalue weighted by Crippen LogP contribution is -2.39. The van der Waals surface area contributed by atoms with Crippen LogP contribution < -0.4 is 14.8 Å². The summed E-state index contributed by atoms with van der Waals surface area (Å²) in [7, 11) is 0.0164. The Morgan fingerprint density at radius 1 is 1.17 bits per heavy atom. The summed E-state index contributed by atoms with van der Waals surface area (Å²) in [6, 6.07) is 10.7. The maximum absolute atomic E-state index is 12.9. The maximum atomic E-state index is 12.9. The van der Waals surface area contributed by atoms with Crippen molar-refractivity contribution in [1.82, 2.24) is 10.0 Å². The summed E-state index contributed by atoms with van der Waals surface area (Å²) in [5, 5.41) is 12.6. The Bertz CT molecular complexity index is 867. The number of rotatable bonds is 7. The molecule has 29 heavy (non-hydrogen) atoms. The van der Waals surface area contributed by atoms with E-state index in [-0.39, 0.29) is 35.2 Å². The number of carbonyl (C=O) groups excluding carboxylic acids is 1. The number of hydrogen-bond acceptors (Lipinski definition) is 4. The number of methoxy groups -OCH3 is 1. The van der Waals surface area contributed by atoms with Gasteiger partial charge in [0.25, 0.3) is 0 Å². The zero-order valence-corrected chi connectivity index (χ0v) is 17.0. The zero-order valence-electron chi connectivity index (χ0n) is 16.2. The largest absolute Gasteiger partial charge is 0.504 e. The second-order valence-electron chi connectivity index (χ2n) is 7.11. The van der Waals surface area contributed by atoms with Gasteiger partial charge in [-0.05, 0) is 55.5 Å². The minimum Gasteiger partial charge on any atom is -0.504 e. The Morgan fingerprint density at radius 3 is 2.52 bits per heavy atom. The van der Waals surface area contributed by atoms with E-state index in [0.29, 0.717) is 24.3 Å². The molecule has 0 bridgehead atoms. The van der Waals surface area contributed by atoms with E-state index in [9.17, 15) is 18.5 Å². The van der Waals surface area contributed by atoms with Gasteiger partial charge in [-0.2, -0.15) is 0 Å². The summed E-state index contributed by atoms with van der Waals surface area (Å²) in [5.74, 6) is -0.0958. The quantitative estimate of drug-likeness (QED) is 0.643. The molecule has 1 fully saturated rings. The fourth-order valence-corrected chi connectivity index (χ4v) is 4.48. The highest BCUT2D eigenvalue weighted by atomic mass is 32.2. The Hall–Kier alpha value is -2.45. The smallest absolute Gasteiger partial charge is 0.223 e. The van der Waals surface area contributed by atoms with Crippen molar-refractivity contribution in [3.8, 4) is 11.5 Å². The first-order valence-electron chi connectivity index (χ1n) is 9.53. The van der Waals surface area contributed by atoms with Crippen LogP contribution >= 0.6 is 0 Å². The van der Waals surface area contributed by atoms with Gasteiger partial charge in [-0.15, -0.1) is 0 Å². The molecule has 8 heteroatoms. The first kappa shape index (κ1) is 21.3. The Kier molecular flexibility index (Phi) is 7.22. The van der Waals surface area contributed by atoms with Crippen LogP contribution in [0, 0.1) is 11.7 Å². The van der Waals surface area contributed by atoms with E-state index in [4.69, 9.17) is 4.74 Å². The lowest BCUT2D eigenvalue weighted by molar-refractivity contribution is -0.126. The highest BCUT2D eigenvalue weighted by Gasteiger charge is 2.27. The Balaban J connectivity index is 1.45. The van der Waals surface area contributed by atoms with Gasteiger partial charge in [-0.1, -0.05) is 12.1 Å². The molecule has 2 aromatic rings. The van der Waals surface area contributed by atoms with Crippen LogP contribution in [0.1, 0.15) is 31.2 Å². The second-order valence-corrected chi connectivity index (χ2v) is 8.36. The molecule has 0 heterocycles. The molecule has 0 spiro atoms. The van der Waals surface area contributed by atoms with E-state index in [0.717, 1.165) is 18.4 Å². The Morgan fingerprint density at radius 2 is 1.86 bits per heavy atom. The molecule has 0 saturated heterocycles. The lowest BCUT2D eigenvalue weighted by Gasteiger charge is -2.28. The molecule has 3 rings (SSSR count). The number of ether oxygens (including phenoxy) is 1. The third-order valence-electron chi connectivity index (χ3n) is 5.12. The molecule has 1 atom stereocenters. The van der Waals surface area contributed by atoms with Gasteiger partial charge in [0.1, 0.15) is 16.8 Å². The van der Waals surface area contributed by atoms with Gasteiger partial charge in [-0.3, -0.25) is 4.79 Å². The molecular weight excluding hydrogens is 395 g/mol. The van der Waals surface area contributed by atoms with Crippen LogP contribution in [0.3, 0.4) is 0 Å². The summed E-state index contributed by atoms with van der Waals surface area (Å²) in [6.45, 7) is 0.379. The first-order valence-corrected chi connectivity index (χ1v) is 10.7. The number of aromatic hydroxyl groups is 1. The molecule has 6 nitrogen and oxygen atoms in total. The van der Waals surface area contributed by atoms with Crippen molar-refractivity contribution in [1.29, 1.82) is 0 Å². The van der Waals surface area contributed by atoms with Crippen LogP contribution in [-0.4, -0.2) is 28.4 Å². The van der Waals surface area contributed by atoms with Crippen molar-refractivity contribution >= 4 is 16.9 Å². The molecule has 1 saturated carbocycles. The standard InChI is InChI=1S/C21H25FN2O4S/c1-28-20-12-18(10-11-19(20)25)29(27)24-17-8-4-15(5-9-17)21(26)23-13-14-2-6-16(22)7-3-14/h2-3,6-7,10-12,15,17,24-25H,4-5,8-9,13H2,1H3,(H,23,26).